The number of nitrogens with two attached hydrogens (primary N) is 1. The number of benzene rings is 1. The smallest absolute Gasteiger partial charge is 0.116 e. The van der Waals surface area contributed by atoms with Crippen LogP contribution < -0.4 is 42.5 Å². The van der Waals surface area contributed by atoms with Crippen LogP contribution in [0.15, 0.2) is 30.3 Å². The van der Waals surface area contributed by atoms with Crippen molar-refractivity contribution >= 4 is 0 Å². The maximum Gasteiger partial charge on any atom is 0.116 e. The molecule has 0 radical (unpaired) electrons. The minimum atomic E-state index is 0. The highest BCUT2D eigenvalue weighted by Gasteiger charge is 2.22. The van der Waals surface area contributed by atoms with Gasteiger partial charge in [0, 0.05) is 5.56 Å². The first kappa shape index (κ1) is 29.8. The fraction of sp³-hybridized carbons (Fsp3) is 0.714. The van der Waals surface area contributed by atoms with Crippen LogP contribution in [0.5, 0.6) is 0 Å². The molecular formula is C21H38Cl3N-2. The third-order valence-electron chi connectivity index (χ3n) is 4.73. The molecule has 1 aromatic carbocycles. The predicted octanol–water partition coefficient (Wildman–Crippen LogP) is -3.58. The van der Waals surface area contributed by atoms with Gasteiger partial charge in [0.1, 0.15) is 5.54 Å². The molecule has 150 valence electrons. The Balaban J connectivity index is -0.00000161. The Bertz CT molecular complexity index is 369. The van der Waals surface area contributed by atoms with Gasteiger partial charge in [-0.25, -0.2) is 0 Å². The number of hydrogen-bond acceptors (Lipinski definition) is 0. The van der Waals surface area contributed by atoms with Crippen LogP contribution in [0.25, 0.3) is 0 Å². The summed E-state index contributed by atoms with van der Waals surface area (Å²) in [6.45, 7) is 8.20. The topological polar surface area (TPSA) is 16.6 Å². The van der Waals surface area contributed by atoms with Crippen LogP contribution in [0, 0.1) is 0 Å². The molecule has 0 saturated heterocycles. The number of rotatable bonds is 13. The Kier molecular flexibility index (Phi) is 22.4. The molecular weight excluding hydrogens is 373 g/mol. The summed E-state index contributed by atoms with van der Waals surface area (Å²) in [5.41, 5.74) is 1.64. The number of unbranched alkanes of at least 4 members (excludes halogenated alkanes) is 9. The molecule has 0 aliphatic carbocycles. The number of quaternary nitrogens is 1. The average molecular weight is 411 g/mol. The second kappa shape index (κ2) is 18.8. The summed E-state index contributed by atoms with van der Waals surface area (Å²) in [5.74, 6) is 0. The molecule has 1 rings (SSSR count). The average Bonchev–Trinajstić information content (AvgIpc) is 2.53. The van der Waals surface area contributed by atoms with Crippen LogP contribution in [0.1, 0.15) is 90.5 Å². The molecule has 0 bridgehead atoms. The second-order valence-corrected chi connectivity index (χ2v) is 7.26. The summed E-state index contributed by atoms with van der Waals surface area (Å²) in [4.78, 5) is 0. The minimum absolute atomic E-state index is 0. The standard InChI is InChI=1S/C21H37N.3ClH/c1-4-5-6-7-8-9-10-11-12-16-19-22-21(2,3)20-17-14-13-15-18-20;;;/h13-15,17-18,22H,4-12,16,19H2,1-3H3;3*1H/p-2. The maximum absolute atomic E-state index is 2.51. The van der Waals surface area contributed by atoms with Crippen LogP contribution in [0.4, 0.5) is 0 Å². The van der Waals surface area contributed by atoms with E-state index < -0.39 is 0 Å². The van der Waals surface area contributed by atoms with Crippen molar-refractivity contribution in [1.82, 2.24) is 0 Å². The molecule has 0 unspecified atom stereocenters. The molecule has 0 fully saturated rings. The quantitative estimate of drug-likeness (QED) is 0.324. The van der Waals surface area contributed by atoms with Gasteiger partial charge in [0.15, 0.2) is 0 Å². The molecule has 0 aliphatic heterocycles. The van der Waals surface area contributed by atoms with Crippen LogP contribution in [0.2, 0.25) is 0 Å². The summed E-state index contributed by atoms with van der Waals surface area (Å²) in [5, 5.41) is 2.51. The van der Waals surface area contributed by atoms with Gasteiger partial charge in [-0.1, -0.05) is 88.6 Å². The second-order valence-electron chi connectivity index (χ2n) is 7.26. The van der Waals surface area contributed by atoms with Crippen molar-refractivity contribution in [2.24, 2.45) is 0 Å². The van der Waals surface area contributed by atoms with Gasteiger partial charge in [0.25, 0.3) is 0 Å². The van der Waals surface area contributed by atoms with Crippen LogP contribution in [0.3, 0.4) is 0 Å². The van der Waals surface area contributed by atoms with Crippen molar-refractivity contribution < 1.29 is 42.5 Å². The third-order valence-corrected chi connectivity index (χ3v) is 4.73. The monoisotopic (exact) mass is 409 g/mol. The fourth-order valence-electron chi connectivity index (χ4n) is 3.08. The van der Waals surface area contributed by atoms with E-state index in [9.17, 15) is 0 Å². The zero-order valence-electron chi connectivity index (χ0n) is 16.4. The molecule has 4 heteroatoms. The van der Waals surface area contributed by atoms with Gasteiger partial charge in [-0.15, -0.1) is 0 Å². The molecule has 0 heterocycles. The molecule has 0 atom stereocenters. The van der Waals surface area contributed by atoms with Gasteiger partial charge < -0.3 is 42.5 Å². The fourth-order valence-corrected chi connectivity index (χ4v) is 3.08. The van der Waals surface area contributed by atoms with E-state index in [1.54, 1.807) is 0 Å². The first-order valence-corrected chi connectivity index (χ1v) is 9.56. The van der Waals surface area contributed by atoms with E-state index in [-0.39, 0.29) is 42.8 Å². The lowest BCUT2D eigenvalue weighted by molar-refractivity contribution is -0.729. The van der Waals surface area contributed by atoms with Crippen molar-refractivity contribution in [2.75, 3.05) is 6.54 Å². The number of hydrogen-bond donors (Lipinski definition) is 1. The Hall–Kier alpha value is 0.0500. The molecule has 2 N–H and O–H groups in total. The zero-order chi connectivity index (χ0) is 16.1. The SMILES string of the molecule is CCCCCCCCCCCC[NH2+]C(C)(C)c1ccccc1.[Cl-].[Cl-].[Cl-]. The van der Waals surface area contributed by atoms with Gasteiger partial charge in [-0.05, 0) is 26.7 Å². The molecule has 0 spiro atoms. The normalized spacial score (nSPS) is 10.4. The summed E-state index contributed by atoms with van der Waals surface area (Å²) < 4.78 is 0. The van der Waals surface area contributed by atoms with E-state index in [2.05, 4.69) is 56.4 Å². The lowest BCUT2D eigenvalue weighted by atomic mass is 9.94. The maximum atomic E-state index is 2.51. The van der Waals surface area contributed by atoms with Gasteiger partial charge in [0.2, 0.25) is 0 Å². The van der Waals surface area contributed by atoms with E-state index in [4.69, 9.17) is 0 Å². The van der Waals surface area contributed by atoms with Crippen molar-refractivity contribution in [3.8, 4) is 0 Å². The summed E-state index contributed by atoms with van der Waals surface area (Å²) in [6.07, 6.45) is 14.2. The lowest BCUT2D eigenvalue weighted by Gasteiger charge is -2.23. The lowest BCUT2D eigenvalue weighted by Crippen LogP contribution is -3.00. The van der Waals surface area contributed by atoms with Crippen molar-refractivity contribution in [1.29, 1.82) is 0 Å². The van der Waals surface area contributed by atoms with Crippen LogP contribution in [-0.2, 0) is 5.54 Å². The van der Waals surface area contributed by atoms with E-state index >= 15 is 0 Å². The van der Waals surface area contributed by atoms with Gasteiger partial charge in [-0.2, -0.15) is 0 Å². The highest BCUT2D eigenvalue weighted by Crippen LogP contribution is 2.14. The molecule has 0 amide bonds. The largest absolute Gasteiger partial charge is 1.00 e. The van der Waals surface area contributed by atoms with E-state index in [1.165, 1.54) is 76.3 Å². The first-order valence-electron chi connectivity index (χ1n) is 9.56. The van der Waals surface area contributed by atoms with Crippen LogP contribution in [-0.4, -0.2) is 6.54 Å². The summed E-state index contributed by atoms with van der Waals surface area (Å²) in [6, 6.07) is 10.9. The molecule has 1 nitrogen and oxygen atoms in total. The van der Waals surface area contributed by atoms with E-state index in [1.807, 2.05) is 0 Å². The molecule has 0 aliphatic rings. The molecule has 1 aromatic rings. The Morgan fingerprint density at radius 3 is 1.60 bits per heavy atom. The predicted molar refractivity (Wildman–Crippen MR) is 98.1 cm³/mol. The number of halogens is 3. The zero-order valence-corrected chi connectivity index (χ0v) is 18.6. The minimum Gasteiger partial charge on any atom is -1.00 e. The van der Waals surface area contributed by atoms with E-state index in [0.29, 0.717) is 0 Å². The molecule has 0 saturated carbocycles. The van der Waals surface area contributed by atoms with Crippen LogP contribution >= 0.6 is 0 Å². The molecule has 25 heavy (non-hydrogen) atoms. The molecule has 0 aromatic heterocycles. The van der Waals surface area contributed by atoms with Gasteiger partial charge in [-0.3, -0.25) is 0 Å². The van der Waals surface area contributed by atoms with Crippen molar-refractivity contribution in [2.45, 2.75) is 90.5 Å². The Morgan fingerprint density at radius 2 is 1.12 bits per heavy atom. The Morgan fingerprint density at radius 1 is 0.680 bits per heavy atom. The van der Waals surface area contributed by atoms with E-state index in [0.717, 1.165) is 0 Å². The highest BCUT2D eigenvalue weighted by atomic mass is 35.5. The summed E-state index contributed by atoms with van der Waals surface area (Å²) in [7, 11) is 0. The van der Waals surface area contributed by atoms with Gasteiger partial charge >= 0.3 is 0 Å². The highest BCUT2D eigenvalue weighted by molar-refractivity contribution is 5.19. The first-order chi connectivity index (χ1) is 10.7. The third kappa shape index (κ3) is 14.9. The van der Waals surface area contributed by atoms with Gasteiger partial charge in [0.05, 0.1) is 6.54 Å². The Labute approximate surface area is 175 Å². The van der Waals surface area contributed by atoms with Crippen molar-refractivity contribution in [3.63, 3.8) is 0 Å². The summed E-state index contributed by atoms with van der Waals surface area (Å²) >= 11 is 0. The van der Waals surface area contributed by atoms with Crippen molar-refractivity contribution in [3.05, 3.63) is 35.9 Å².